The summed E-state index contributed by atoms with van der Waals surface area (Å²) in [5, 5.41) is 3.71. The molecule has 3 rings (SSSR count). The standard InChI is InChI=1S/C21H18N2O3/c1-15-5-4-7-18(13-15)23-20(24)14-26-21(25)12-11-17-10-9-16-6-2-3-8-19(16)22-17/h2-13H,14H2,1H3,(H,23,24). The zero-order valence-electron chi connectivity index (χ0n) is 14.3. The lowest BCUT2D eigenvalue weighted by Crippen LogP contribution is -2.20. The third-order valence-electron chi connectivity index (χ3n) is 3.66. The molecule has 0 unspecified atom stereocenters. The van der Waals surface area contributed by atoms with Crippen molar-refractivity contribution in [1.29, 1.82) is 0 Å². The number of fused-ring (bicyclic) bond motifs is 1. The lowest BCUT2D eigenvalue weighted by atomic mass is 10.2. The van der Waals surface area contributed by atoms with Crippen molar-refractivity contribution in [2.75, 3.05) is 11.9 Å². The highest BCUT2D eigenvalue weighted by Crippen LogP contribution is 2.12. The molecule has 1 N–H and O–H groups in total. The van der Waals surface area contributed by atoms with Crippen LogP contribution < -0.4 is 5.32 Å². The summed E-state index contributed by atoms with van der Waals surface area (Å²) < 4.78 is 4.95. The van der Waals surface area contributed by atoms with Crippen LogP contribution >= 0.6 is 0 Å². The van der Waals surface area contributed by atoms with Crippen LogP contribution in [0.3, 0.4) is 0 Å². The Kier molecular flexibility index (Phi) is 5.39. The van der Waals surface area contributed by atoms with Crippen molar-refractivity contribution in [2.45, 2.75) is 6.92 Å². The number of hydrogen-bond donors (Lipinski definition) is 1. The molecule has 26 heavy (non-hydrogen) atoms. The minimum Gasteiger partial charge on any atom is -0.452 e. The number of hydrogen-bond acceptors (Lipinski definition) is 4. The first-order valence-electron chi connectivity index (χ1n) is 8.17. The molecule has 0 saturated heterocycles. The van der Waals surface area contributed by atoms with E-state index in [1.165, 1.54) is 6.08 Å². The van der Waals surface area contributed by atoms with E-state index < -0.39 is 5.97 Å². The molecule has 0 bridgehead atoms. The van der Waals surface area contributed by atoms with Gasteiger partial charge in [-0.3, -0.25) is 4.79 Å². The summed E-state index contributed by atoms with van der Waals surface area (Å²) in [6.45, 7) is 1.59. The predicted molar refractivity (Wildman–Crippen MR) is 102 cm³/mol. The maximum atomic E-state index is 11.8. The van der Waals surface area contributed by atoms with Crippen molar-refractivity contribution in [1.82, 2.24) is 4.98 Å². The number of carbonyl (C=O) groups excluding carboxylic acids is 2. The van der Waals surface area contributed by atoms with E-state index in [9.17, 15) is 9.59 Å². The maximum Gasteiger partial charge on any atom is 0.331 e. The Hall–Kier alpha value is -3.47. The summed E-state index contributed by atoms with van der Waals surface area (Å²) in [7, 11) is 0. The van der Waals surface area contributed by atoms with Gasteiger partial charge < -0.3 is 10.1 Å². The molecule has 0 aliphatic heterocycles. The lowest BCUT2D eigenvalue weighted by Gasteiger charge is -2.06. The number of rotatable bonds is 5. The molecule has 1 amide bonds. The zero-order chi connectivity index (χ0) is 18.4. The summed E-state index contributed by atoms with van der Waals surface area (Å²) in [4.78, 5) is 28.0. The number of carbonyl (C=O) groups is 2. The normalized spacial score (nSPS) is 10.8. The van der Waals surface area contributed by atoms with E-state index in [1.54, 1.807) is 12.1 Å². The quantitative estimate of drug-likeness (QED) is 0.564. The number of nitrogens with one attached hydrogen (secondary N) is 1. The van der Waals surface area contributed by atoms with Gasteiger partial charge in [-0.1, -0.05) is 36.4 Å². The lowest BCUT2D eigenvalue weighted by molar-refractivity contribution is -0.142. The number of ether oxygens (including phenoxy) is 1. The van der Waals surface area contributed by atoms with Crippen molar-refractivity contribution in [3.8, 4) is 0 Å². The van der Waals surface area contributed by atoms with Crippen molar-refractivity contribution in [3.05, 3.63) is 78.0 Å². The van der Waals surface area contributed by atoms with Crippen molar-refractivity contribution in [2.24, 2.45) is 0 Å². The minimum absolute atomic E-state index is 0.345. The van der Waals surface area contributed by atoms with Crippen LogP contribution in [0.5, 0.6) is 0 Å². The van der Waals surface area contributed by atoms with E-state index >= 15 is 0 Å². The molecular formula is C21H18N2O3. The second-order valence-electron chi connectivity index (χ2n) is 5.79. The number of nitrogens with zero attached hydrogens (tertiary/aromatic N) is 1. The number of para-hydroxylation sites is 1. The second-order valence-corrected chi connectivity index (χ2v) is 5.79. The van der Waals surface area contributed by atoms with Gasteiger partial charge in [-0.2, -0.15) is 0 Å². The Morgan fingerprint density at radius 3 is 2.77 bits per heavy atom. The third kappa shape index (κ3) is 4.77. The van der Waals surface area contributed by atoms with Crippen LogP contribution in [-0.2, 0) is 14.3 Å². The number of aromatic nitrogens is 1. The smallest absolute Gasteiger partial charge is 0.331 e. The zero-order valence-corrected chi connectivity index (χ0v) is 14.3. The van der Waals surface area contributed by atoms with E-state index in [2.05, 4.69) is 10.3 Å². The van der Waals surface area contributed by atoms with Crippen molar-refractivity contribution < 1.29 is 14.3 Å². The Morgan fingerprint density at radius 1 is 1.08 bits per heavy atom. The van der Waals surface area contributed by atoms with Crippen LogP contribution in [0.2, 0.25) is 0 Å². The molecule has 5 heteroatoms. The predicted octanol–water partition coefficient (Wildman–Crippen LogP) is 3.74. The average Bonchev–Trinajstić information content (AvgIpc) is 2.64. The Morgan fingerprint density at radius 2 is 1.92 bits per heavy atom. The number of anilines is 1. The van der Waals surface area contributed by atoms with Crippen LogP contribution in [-0.4, -0.2) is 23.5 Å². The fourth-order valence-corrected chi connectivity index (χ4v) is 2.43. The molecule has 0 radical (unpaired) electrons. The summed E-state index contributed by atoms with van der Waals surface area (Å²) >= 11 is 0. The van der Waals surface area contributed by atoms with Crippen molar-refractivity contribution >= 4 is 34.5 Å². The highest BCUT2D eigenvalue weighted by atomic mass is 16.5. The molecule has 0 aliphatic rings. The molecule has 5 nitrogen and oxygen atoms in total. The Balaban J connectivity index is 1.52. The maximum absolute atomic E-state index is 11.8. The molecule has 0 saturated carbocycles. The third-order valence-corrected chi connectivity index (χ3v) is 3.66. The largest absolute Gasteiger partial charge is 0.452 e. The van der Waals surface area contributed by atoms with Crippen LogP contribution in [0.15, 0.2) is 66.7 Å². The molecule has 130 valence electrons. The van der Waals surface area contributed by atoms with Gasteiger partial charge in [-0.25, -0.2) is 9.78 Å². The van der Waals surface area contributed by atoms with E-state index in [4.69, 9.17) is 4.74 Å². The molecule has 0 spiro atoms. The molecule has 0 aliphatic carbocycles. The van der Waals surface area contributed by atoms with Gasteiger partial charge >= 0.3 is 5.97 Å². The SMILES string of the molecule is Cc1cccc(NC(=O)COC(=O)C=Cc2ccc3ccccc3n2)c1. The number of aryl methyl sites for hydroxylation is 1. The number of amides is 1. The number of pyridine rings is 1. The minimum atomic E-state index is -0.598. The van der Waals surface area contributed by atoms with E-state index in [0.717, 1.165) is 16.5 Å². The highest BCUT2D eigenvalue weighted by Gasteiger charge is 2.06. The van der Waals surface area contributed by atoms with Crippen LogP contribution in [0.1, 0.15) is 11.3 Å². The van der Waals surface area contributed by atoms with E-state index in [1.807, 2.05) is 61.5 Å². The number of esters is 1. The molecule has 0 atom stereocenters. The topological polar surface area (TPSA) is 68.3 Å². The van der Waals surface area contributed by atoms with Crippen LogP contribution in [0, 0.1) is 6.92 Å². The molecule has 1 heterocycles. The van der Waals surface area contributed by atoms with E-state index in [0.29, 0.717) is 11.4 Å². The van der Waals surface area contributed by atoms with Gasteiger partial charge in [0, 0.05) is 17.1 Å². The van der Waals surface area contributed by atoms with Gasteiger partial charge in [0.1, 0.15) is 0 Å². The first-order valence-corrected chi connectivity index (χ1v) is 8.17. The molecule has 1 aromatic heterocycles. The average molecular weight is 346 g/mol. The van der Waals surface area contributed by atoms with Gasteiger partial charge in [-0.15, -0.1) is 0 Å². The summed E-state index contributed by atoms with van der Waals surface area (Å²) in [6.07, 6.45) is 2.82. The van der Waals surface area contributed by atoms with Gasteiger partial charge in [0.2, 0.25) is 0 Å². The van der Waals surface area contributed by atoms with Gasteiger partial charge in [0.05, 0.1) is 11.2 Å². The van der Waals surface area contributed by atoms with Crippen LogP contribution in [0.4, 0.5) is 5.69 Å². The Labute approximate surface area is 151 Å². The number of benzene rings is 2. The second kappa shape index (κ2) is 8.07. The molecule has 2 aromatic carbocycles. The first-order chi connectivity index (χ1) is 12.6. The summed E-state index contributed by atoms with van der Waals surface area (Å²) in [5.74, 6) is -0.986. The summed E-state index contributed by atoms with van der Waals surface area (Å²) in [5.41, 5.74) is 3.19. The monoisotopic (exact) mass is 346 g/mol. The van der Waals surface area contributed by atoms with Gasteiger partial charge in [0.25, 0.3) is 5.91 Å². The van der Waals surface area contributed by atoms with Gasteiger partial charge in [-0.05, 0) is 42.8 Å². The van der Waals surface area contributed by atoms with E-state index in [-0.39, 0.29) is 12.5 Å². The van der Waals surface area contributed by atoms with Crippen LogP contribution in [0.25, 0.3) is 17.0 Å². The van der Waals surface area contributed by atoms with Gasteiger partial charge in [0.15, 0.2) is 6.61 Å². The molecule has 0 fully saturated rings. The van der Waals surface area contributed by atoms with Crippen molar-refractivity contribution in [3.63, 3.8) is 0 Å². The Bertz CT molecular complexity index is 980. The summed E-state index contributed by atoms with van der Waals surface area (Å²) in [6, 6.07) is 18.9. The first kappa shape index (κ1) is 17.4. The fraction of sp³-hybridized carbons (Fsp3) is 0.0952. The molecular weight excluding hydrogens is 328 g/mol. The molecule has 3 aromatic rings. The fourth-order valence-electron chi connectivity index (χ4n) is 2.43. The highest BCUT2D eigenvalue weighted by molar-refractivity contribution is 5.94.